The first-order valence-electron chi connectivity index (χ1n) is 8.41. The molecule has 0 saturated heterocycles. The summed E-state index contributed by atoms with van der Waals surface area (Å²) in [5.41, 5.74) is 3.06. The number of anilines is 1. The van der Waals surface area contributed by atoms with Crippen LogP contribution >= 0.6 is 15.9 Å². The van der Waals surface area contributed by atoms with Crippen LogP contribution in [0.25, 0.3) is 0 Å². The predicted molar refractivity (Wildman–Crippen MR) is 106 cm³/mol. The van der Waals surface area contributed by atoms with E-state index in [-0.39, 0.29) is 18.0 Å². The fraction of sp³-hybridized carbons (Fsp3) is 0.350. The van der Waals surface area contributed by atoms with Gasteiger partial charge in [-0.3, -0.25) is 10.1 Å². The van der Waals surface area contributed by atoms with Crippen molar-refractivity contribution in [3.8, 4) is 5.75 Å². The molecule has 0 fully saturated rings. The Morgan fingerprint density at radius 3 is 2.44 bits per heavy atom. The van der Waals surface area contributed by atoms with Crippen LogP contribution < -0.4 is 15.4 Å². The Kier molecular flexibility index (Phi) is 7.02. The van der Waals surface area contributed by atoms with E-state index in [1.165, 1.54) is 0 Å². The second-order valence-electron chi connectivity index (χ2n) is 6.09. The number of rotatable bonds is 7. The van der Waals surface area contributed by atoms with Crippen molar-refractivity contribution < 1.29 is 9.53 Å². The van der Waals surface area contributed by atoms with Gasteiger partial charge in [0.25, 0.3) is 0 Å². The van der Waals surface area contributed by atoms with Gasteiger partial charge in [0, 0.05) is 10.5 Å². The molecule has 25 heavy (non-hydrogen) atoms. The summed E-state index contributed by atoms with van der Waals surface area (Å²) in [6.45, 7) is 5.99. The van der Waals surface area contributed by atoms with Crippen molar-refractivity contribution in [3.63, 3.8) is 0 Å². The zero-order valence-electron chi connectivity index (χ0n) is 15.1. The minimum Gasteiger partial charge on any atom is -0.497 e. The summed E-state index contributed by atoms with van der Waals surface area (Å²) in [7, 11) is 1.65. The lowest BCUT2D eigenvalue weighted by Crippen LogP contribution is -2.40. The average Bonchev–Trinajstić information content (AvgIpc) is 2.61. The first-order valence-corrected chi connectivity index (χ1v) is 9.21. The van der Waals surface area contributed by atoms with Crippen molar-refractivity contribution >= 4 is 27.5 Å². The quantitative estimate of drug-likeness (QED) is 0.694. The largest absolute Gasteiger partial charge is 0.497 e. The zero-order valence-corrected chi connectivity index (χ0v) is 16.7. The molecule has 134 valence electrons. The molecule has 0 radical (unpaired) electrons. The summed E-state index contributed by atoms with van der Waals surface area (Å²) in [6, 6.07) is 13.6. The van der Waals surface area contributed by atoms with E-state index in [1.807, 2.05) is 56.3 Å². The van der Waals surface area contributed by atoms with Gasteiger partial charge in [0.2, 0.25) is 5.91 Å². The number of halogens is 1. The molecule has 2 rings (SSSR count). The Morgan fingerprint density at radius 2 is 1.88 bits per heavy atom. The Labute approximate surface area is 158 Å². The van der Waals surface area contributed by atoms with E-state index >= 15 is 0 Å². The average molecular weight is 405 g/mol. The van der Waals surface area contributed by atoms with Crippen molar-refractivity contribution in [2.45, 2.75) is 39.3 Å². The van der Waals surface area contributed by atoms with Gasteiger partial charge < -0.3 is 10.1 Å². The number of aryl methyl sites for hydroxylation is 1. The summed E-state index contributed by atoms with van der Waals surface area (Å²) in [5.74, 6) is 0.769. The van der Waals surface area contributed by atoms with Crippen LogP contribution in [0.15, 0.2) is 46.9 Å². The Bertz CT molecular complexity index is 716. The van der Waals surface area contributed by atoms with Gasteiger partial charge in [0.15, 0.2) is 0 Å². The normalized spacial score (nSPS) is 13.2. The van der Waals surface area contributed by atoms with E-state index in [2.05, 4.69) is 33.5 Å². The second-order valence-corrected chi connectivity index (χ2v) is 6.95. The maximum Gasteiger partial charge on any atom is 0.241 e. The van der Waals surface area contributed by atoms with Crippen molar-refractivity contribution in [1.82, 2.24) is 5.32 Å². The smallest absolute Gasteiger partial charge is 0.241 e. The van der Waals surface area contributed by atoms with E-state index in [1.54, 1.807) is 7.11 Å². The molecule has 5 heteroatoms. The molecule has 1 amide bonds. The third-order valence-corrected chi connectivity index (χ3v) is 4.81. The minimum absolute atomic E-state index is 0.0588. The molecule has 0 aliphatic heterocycles. The standard InChI is InChI=1S/C20H25BrN2O2/c1-5-18(15-7-9-16(25-4)10-8-15)22-14(3)20(24)23-19-11-6-13(2)12-17(19)21/h6-12,14,18,22H,5H2,1-4H3,(H,23,24). The third-order valence-electron chi connectivity index (χ3n) is 4.15. The number of amides is 1. The number of nitrogens with one attached hydrogen (secondary N) is 2. The Balaban J connectivity index is 2.02. The van der Waals surface area contributed by atoms with Crippen LogP contribution in [0.3, 0.4) is 0 Å². The van der Waals surface area contributed by atoms with Crippen LogP contribution in [0.5, 0.6) is 5.75 Å². The molecule has 2 unspecified atom stereocenters. The molecule has 2 atom stereocenters. The van der Waals surface area contributed by atoms with Gasteiger partial charge in [-0.05, 0) is 71.6 Å². The van der Waals surface area contributed by atoms with Gasteiger partial charge in [0.05, 0.1) is 18.8 Å². The molecular formula is C20H25BrN2O2. The van der Waals surface area contributed by atoms with Gasteiger partial charge in [-0.15, -0.1) is 0 Å². The number of hydrogen-bond acceptors (Lipinski definition) is 3. The van der Waals surface area contributed by atoms with Crippen LogP contribution in [-0.4, -0.2) is 19.1 Å². The maximum atomic E-state index is 12.5. The number of benzene rings is 2. The van der Waals surface area contributed by atoms with Crippen molar-refractivity contribution in [2.24, 2.45) is 0 Å². The summed E-state index contributed by atoms with van der Waals surface area (Å²) in [4.78, 5) is 12.5. The summed E-state index contributed by atoms with van der Waals surface area (Å²) in [5, 5.41) is 6.37. The van der Waals surface area contributed by atoms with Crippen molar-refractivity contribution in [1.29, 1.82) is 0 Å². The Hall–Kier alpha value is -1.85. The highest BCUT2D eigenvalue weighted by atomic mass is 79.9. The molecule has 0 aliphatic rings. The van der Waals surface area contributed by atoms with E-state index in [4.69, 9.17) is 4.74 Å². The van der Waals surface area contributed by atoms with Gasteiger partial charge in [0.1, 0.15) is 5.75 Å². The predicted octanol–water partition coefficient (Wildman–Crippen LogP) is 4.83. The first kappa shape index (κ1) is 19.5. The molecule has 4 nitrogen and oxygen atoms in total. The molecule has 0 bridgehead atoms. The number of ether oxygens (including phenoxy) is 1. The molecule has 2 N–H and O–H groups in total. The van der Waals surface area contributed by atoms with Crippen LogP contribution in [-0.2, 0) is 4.79 Å². The lowest BCUT2D eigenvalue weighted by Gasteiger charge is -2.22. The molecule has 0 saturated carbocycles. The highest BCUT2D eigenvalue weighted by Gasteiger charge is 2.19. The molecular weight excluding hydrogens is 380 g/mol. The lowest BCUT2D eigenvalue weighted by atomic mass is 10.0. The molecule has 2 aromatic rings. The lowest BCUT2D eigenvalue weighted by molar-refractivity contribution is -0.118. The monoisotopic (exact) mass is 404 g/mol. The Morgan fingerprint density at radius 1 is 1.20 bits per heavy atom. The summed E-state index contributed by atoms with van der Waals surface area (Å²) >= 11 is 3.49. The molecule has 0 aliphatic carbocycles. The van der Waals surface area contributed by atoms with E-state index in [0.29, 0.717) is 0 Å². The van der Waals surface area contributed by atoms with Crippen LogP contribution in [0, 0.1) is 6.92 Å². The number of methoxy groups -OCH3 is 1. The fourth-order valence-electron chi connectivity index (χ4n) is 2.63. The number of carbonyl (C=O) groups is 1. The van der Waals surface area contributed by atoms with Gasteiger partial charge in [-0.25, -0.2) is 0 Å². The van der Waals surface area contributed by atoms with Crippen LogP contribution in [0.1, 0.15) is 37.4 Å². The van der Waals surface area contributed by atoms with E-state index in [0.717, 1.165) is 33.5 Å². The first-order chi connectivity index (χ1) is 11.9. The van der Waals surface area contributed by atoms with Gasteiger partial charge >= 0.3 is 0 Å². The molecule has 2 aromatic carbocycles. The topological polar surface area (TPSA) is 50.4 Å². The minimum atomic E-state index is -0.319. The fourth-order valence-corrected chi connectivity index (χ4v) is 3.22. The maximum absolute atomic E-state index is 12.5. The van der Waals surface area contributed by atoms with Crippen molar-refractivity contribution in [2.75, 3.05) is 12.4 Å². The summed E-state index contributed by atoms with van der Waals surface area (Å²) in [6.07, 6.45) is 0.887. The zero-order chi connectivity index (χ0) is 18.4. The summed E-state index contributed by atoms with van der Waals surface area (Å²) < 4.78 is 6.08. The van der Waals surface area contributed by atoms with Crippen LogP contribution in [0.4, 0.5) is 5.69 Å². The van der Waals surface area contributed by atoms with E-state index in [9.17, 15) is 4.79 Å². The number of carbonyl (C=O) groups excluding carboxylic acids is 1. The molecule has 0 spiro atoms. The SMILES string of the molecule is CCC(NC(C)C(=O)Nc1ccc(C)cc1Br)c1ccc(OC)cc1. The molecule has 0 heterocycles. The highest BCUT2D eigenvalue weighted by molar-refractivity contribution is 9.10. The number of hydrogen-bond donors (Lipinski definition) is 2. The van der Waals surface area contributed by atoms with Gasteiger partial charge in [-0.1, -0.05) is 25.1 Å². The van der Waals surface area contributed by atoms with Crippen molar-refractivity contribution in [3.05, 3.63) is 58.1 Å². The second kappa shape index (κ2) is 9.02. The van der Waals surface area contributed by atoms with Gasteiger partial charge in [-0.2, -0.15) is 0 Å². The highest BCUT2D eigenvalue weighted by Crippen LogP contribution is 2.24. The van der Waals surface area contributed by atoms with E-state index < -0.39 is 0 Å². The molecule has 0 aromatic heterocycles. The third kappa shape index (κ3) is 5.31. The van der Waals surface area contributed by atoms with Crippen LogP contribution in [0.2, 0.25) is 0 Å².